The molecule has 0 saturated heterocycles. The highest BCUT2D eigenvalue weighted by Crippen LogP contribution is 2.36. The largest absolute Gasteiger partial charge is 0.616 e. The fraction of sp³-hybridized carbons (Fsp3) is 0.500. The first-order chi connectivity index (χ1) is 17.1. The van der Waals surface area contributed by atoms with Gasteiger partial charge < -0.3 is 23.5 Å². The number of unbranched alkanes of at least 4 members (excludes halogenated alkanes) is 5. The minimum absolute atomic E-state index is 0.191. The highest BCUT2D eigenvalue weighted by atomic mass is 32.2. The van der Waals surface area contributed by atoms with Crippen LogP contribution in [0.1, 0.15) is 57.9 Å². The molecule has 1 aliphatic rings. The van der Waals surface area contributed by atoms with Crippen LogP contribution in [0.15, 0.2) is 41.8 Å². The van der Waals surface area contributed by atoms with E-state index in [9.17, 15) is 4.55 Å². The third-order valence-electron chi connectivity index (χ3n) is 6.09. The van der Waals surface area contributed by atoms with E-state index in [1.54, 1.807) is 25.6 Å². The van der Waals surface area contributed by atoms with Crippen LogP contribution in [-0.2, 0) is 17.6 Å². The van der Waals surface area contributed by atoms with Crippen LogP contribution in [0.25, 0.3) is 10.1 Å². The minimum atomic E-state index is -0.743. The summed E-state index contributed by atoms with van der Waals surface area (Å²) in [6.45, 7) is 4.61. The lowest BCUT2D eigenvalue weighted by Gasteiger charge is -2.18. The van der Waals surface area contributed by atoms with Crippen LogP contribution in [0.3, 0.4) is 0 Å². The molecule has 2 heterocycles. The van der Waals surface area contributed by atoms with Crippen molar-refractivity contribution in [3.05, 3.63) is 47.3 Å². The van der Waals surface area contributed by atoms with Gasteiger partial charge in [0.05, 0.1) is 18.9 Å². The zero-order chi connectivity index (χ0) is 25.0. The average Bonchev–Trinajstić information content (AvgIpc) is 3.55. The van der Waals surface area contributed by atoms with Gasteiger partial charge in [-0.1, -0.05) is 49.8 Å². The second-order valence-corrected chi connectivity index (χ2v) is 11.6. The zero-order valence-electron chi connectivity index (χ0n) is 21.3. The first-order valence-corrected chi connectivity index (χ1v) is 14.7. The molecule has 0 spiro atoms. The van der Waals surface area contributed by atoms with Crippen molar-refractivity contribution >= 4 is 32.6 Å². The molecule has 192 valence electrons. The summed E-state index contributed by atoms with van der Waals surface area (Å²) in [4.78, 5) is 0. The Hall–Kier alpha value is -2.09. The Labute approximate surface area is 216 Å². The summed E-state index contributed by atoms with van der Waals surface area (Å²) in [5.41, 5.74) is 1.17. The van der Waals surface area contributed by atoms with E-state index in [0.717, 1.165) is 51.7 Å². The predicted octanol–water partition coefficient (Wildman–Crippen LogP) is 7.37. The summed E-state index contributed by atoms with van der Waals surface area (Å²) in [7, 11) is 3.36. The molecule has 0 saturated carbocycles. The quantitative estimate of drug-likeness (QED) is 0.185. The fourth-order valence-electron chi connectivity index (χ4n) is 4.07. The van der Waals surface area contributed by atoms with Gasteiger partial charge in [-0.25, -0.2) is 0 Å². The van der Waals surface area contributed by atoms with Gasteiger partial charge in [-0.15, -0.1) is 11.3 Å². The third-order valence-corrected chi connectivity index (χ3v) is 8.77. The van der Waals surface area contributed by atoms with Gasteiger partial charge in [0, 0.05) is 11.8 Å². The van der Waals surface area contributed by atoms with E-state index in [1.165, 1.54) is 37.7 Å². The lowest BCUT2D eigenvalue weighted by atomic mass is 10.1. The van der Waals surface area contributed by atoms with Crippen LogP contribution in [0, 0.1) is 0 Å². The van der Waals surface area contributed by atoms with Crippen molar-refractivity contribution < 1.29 is 23.5 Å². The van der Waals surface area contributed by atoms with E-state index in [2.05, 4.69) is 13.8 Å². The predicted molar refractivity (Wildman–Crippen MR) is 147 cm³/mol. The van der Waals surface area contributed by atoms with Crippen LogP contribution in [0.2, 0.25) is 0 Å². The molecule has 0 fully saturated rings. The maximum atomic E-state index is 12.3. The maximum absolute atomic E-state index is 12.3. The summed E-state index contributed by atoms with van der Waals surface area (Å²) in [5, 5.41) is 3.35. The SMILES string of the molecule is CCCCCCCC[S+]([O-])C(C)Cc1ccc2c(c1)OCO2.COc1ccc(OC)c2sccc12. The molecule has 35 heavy (non-hydrogen) atoms. The molecule has 2 atom stereocenters. The third kappa shape index (κ3) is 7.95. The molecule has 0 N–H and O–H groups in total. The Bertz CT molecular complexity index is 997. The monoisotopic (exact) mass is 518 g/mol. The van der Waals surface area contributed by atoms with Crippen molar-refractivity contribution in [3.63, 3.8) is 0 Å². The molecule has 0 aliphatic carbocycles. The van der Waals surface area contributed by atoms with Gasteiger partial charge in [0.15, 0.2) is 11.5 Å². The van der Waals surface area contributed by atoms with Crippen LogP contribution >= 0.6 is 11.3 Å². The zero-order valence-corrected chi connectivity index (χ0v) is 23.0. The van der Waals surface area contributed by atoms with Crippen molar-refractivity contribution in [3.8, 4) is 23.0 Å². The van der Waals surface area contributed by atoms with E-state index in [-0.39, 0.29) is 5.25 Å². The molecule has 5 nitrogen and oxygen atoms in total. The smallest absolute Gasteiger partial charge is 0.231 e. The first-order valence-electron chi connectivity index (χ1n) is 12.4. The highest BCUT2D eigenvalue weighted by Gasteiger charge is 2.19. The van der Waals surface area contributed by atoms with Gasteiger partial charge in [0.25, 0.3) is 0 Å². The van der Waals surface area contributed by atoms with E-state index in [4.69, 9.17) is 18.9 Å². The van der Waals surface area contributed by atoms with Crippen molar-refractivity contribution in [1.29, 1.82) is 0 Å². The van der Waals surface area contributed by atoms with Crippen molar-refractivity contribution in [2.45, 2.75) is 64.0 Å². The number of fused-ring (bicyclic) bond motifs is 2. The number of methoxy groups -OCH3 is 2. The number of hydrogen-bond donors (Lipinski definition) is 0. The molecule has 4 rings (SSSR count). The Kier molecular flexibility index (Phi) is 11.4. The topological polar surface area (TPSA) is 60.0 Å². The van der Waals surface area contributed by atoms with Crippen LogP contribution in [-0.4, -0.2) is 36.6 Å². The molecule has 0 radical (unpaired) electrons. The molecule has 7 heteroatoms. The van der Waals surface area contributed by atoms with Gasteiger partial charge in [0.1, 0.15) is 22.5 Å². The van der Waals surface area contributed by atoms with E-state index < -0.39 is 11.2 Å². The molecule has 1 aliphatic heterocycles. The molecule has 2 aromatic carbocycles. The summed E-state index contributed by atoms with van der Waals surface area (Å²) < 4.78 is 34.7. The minimum Gasteiger partial charge on any atom is -0.616 e. The Morgan fingerprint density at radius 1 is 0.943 bits per heavy atom. The first kappa shape index (κ1) is 27.5. The van der Waals surface area contributed by atoms with E-state index >= 15 is 0 Å². The van der Waals surface area contributed by atoms with Gasteiger partial charge >= 0.3 is 0 Å². The van der Waals surface area contributed by atoms with Gasteiger partial charge in [-0.3, -0.25) is 0 Å². The lowest BCUT2D eigenvalue weighted by molar-refractivity contribution is 0.174. The highest BCUT2D eigenvalue weighted by molar-refractivity contribution is 7.91. The van der Waals surface area contributed by atoms with Gasteiger partial charge in [-0.05, 0) is 61.0 Å². The second kappa shape index (κ2) is 14.5. The normalized spacial score (nSPS) is 13.7. The Morgan fingerprint density at radius 2 is 1.66 bits per heavy atom. The molecule has 1 aromatic heterocycles. The molecule has 2 unspecified atom stereocenters. The molecule has 0 amide bonds. The average molecular weight is 519 g/mol. The molecular formula is C28H38O5S2. The van der Waals surface area contributed by atoms with Crippen molar-refractivity contribution in [2.75, 3.05) is 26.8 Å². The fourth-order valence-corrected chi connectivity index (χ4v) is 6.24. The summed E-state index contributed by atoms with van der Waals surface area (Å²) in [6, 6.07) is 11.9. The second-order valence-electron chi connectivity index (χ2n) is 8.69. The maximum Gasteiger partial charge on any atom is 0.231 e. The summed E-state index contributed by atoms with van der Waals surface area (Å²) in [6.07, 6.45) is 8.32. The number of hydrogen-bond acceptors (Lipinski definition) is 6. The Morgan fingerprint density at radius 3 is 2.43 bits per heavy atom. The number of ether oxygens (including phenoxy) is 4. The lowest BCUT2D eigenvalue weighted by Crippen LogP contribution is -2.23. The van der Waals surface area contributed by atoms with E-state index in [0.29, 0.717) is 6.79 Å². The van der Waals surface area contributed by atoms with Crippen LogP contribution in [0.5, 0.6) is 23.0 Å². The Balaban J connectivity index is 0.000000223. The van der Waals surface area contributed by atoms with Crippen molar-refractivity contribution in [1.82, 2.24) is 0 Å². The summed E-state index contributed by atoms with van der Waals surface area (Å²) >= 11 is 0.920. The number of benzene rings is 2. The standard InChI is InChI=1S/C18H28O3S.C10H10O2S/c1-3-4-5-6-7-8-11-22(19)15(2)12-16-9-10-17-18(13-16)21-14-20-17;1-11-8-3-4-9(12-2)10-7(8)5-6-13-10/h9-10,13,15H,3-8,11-12,14H2,1-2H3;3-6H,1-2H3. The van der Waals surface area contributed by atoms with E-state index in [1.807, 2.05) is 41.8 Å². The number of rotatable bonds is 12. The van der Waals surface area contributed by atoms with Crippen LogP contribution < -0.4 is 18.9 Å². The summed E-state index contributed by atoms with van der Waals surface area (Å²) in [5.74, 6) is 4.26. The molecular weight excluding hydrogens is 480 g/mol. The van der Waals surface area contributed by atoms with Crippen molar-refractivity contribution in [2.24, 2.45) is 0 Å². The number of thiophene rings is 1. The van der Waals surface area contributed by atoms with Gasteiger partial charge in [0.2, 0.25) is 6.79 Å². The molecule has 0 bridgehead atoms. The van der Waals surface area contributed by atoms with Gasteiger partial charge in [-0.2, -0.15) is 0 Å². The molecule has 3 aromatic rings. The van der Waals surface area contributed by atoms with Crippen LogP contribution in [0.4, 0.5) is 0 Å².